The van der Waals surface area contributed by atoms with Crippen molar-refractivity contribution in [2.24, 2.45) is 12.8 Å². The summed E-state index contributed by atoms with van der Waals surface area (Å²) in [6.45, 7) is 0. The first kappa shape index (κ1) is 8.31. The van der Waals surface area contributed by atoms with Crippen LogP contribution in [0.5, 0.6) is 0 Å². The van der Waals surface area contributed by atoms with Gasteiger partial charge in [0, 0.05) is 18.8 Å². The number of rotatable bonds is 1. The first-order valence-electron chi connectivity index (χ1n) is 4.28. The fraction of sp³-hybridized carbons (Fsp3) is 0.444. The molecule has 0 saturated heterocycles. The van der Waals surface area contributed by atoms with E-state index in [0.717, 1.165) is 18.4 Å². The summed E-state index contributed by atoms with van der Waals surface area (Å²) in [5.41, 5.74) is 12.4. The van der Waals surface area contributed by atoms with Gasteiger partial charge in [0.2, 0.25) is 0 Å². The zero-order valence-corrected chi connectivity index (χ0v) is 7.58. The zero-order valence-electron chi connectivity index (χ0n) is 7.58. The molecule has 13 heavy (non-hydrogen) atoms. The molecule has 1 aromatic heterocycles. The first-order chi connectivity index (χ1) is 6.03. The van der Waals surface area contributed by atoms with E-state index in [-0.39, 0.29) is 16.8 Å². The Bertz CT molecular complexity index is 378. The molecule has 0 bridgehead atoms. The monoisotopic (exact) mass is 179 g/mol. The van der Waals surface area contributed by atoms with Crippen LogP contribution in [0.4, 0.5) is 5.69 Å². The predicted octanol–water partition coefficient (Wildman–Crippen LogP) is -0.0847. The van der Waals surface area contributed by atoms with E-state index < -0.39 is 0 Å². The maximum Gasteiger partial charge on any atom is 0.273 e. The van der Waals surface area contributed by atoms with E-state index >= 15 is 0 Å². The molecule has 0 unspecified atom stereocenters. The maximum absolute atomic E-state index is 11.3. The summed E-state index contributed by atoms with van der Waals surface area (Å²) in [4.78, 5) is 11.3. The van der Waals surface area contributed by atoms with Gasteiger partial charge in [-0.25, -0.2) is 0 Å². The van der Waals surface area contributed by atoms with Gasteiger partial charge >= 0.3 is 0 Å². The van der Waals surface area contributed by atoms with Gasteiger partial charge in [-0.3, -0.25) is 4.79 Å². The van der Waals surface area contributed by atoms with E-state index in [1.807, 2.05) is 0 Å². The third-order valence-electron chi connectivity index (χ3n) is 2.57. The van der Waals surface area contributed by atoms with Crippen LogP contribution in [0.3, 0.4) is 0 Å². The number of anilines is 1. The fourth-order valence-corrected chi connectivity index (χ4v) is 1.43. The van der Waals surface area contributed by atoms with Crippen molar-refractivity contribution in [3.8, 4) is 0 Å². The second kappa shape index (κ2) is 2.35. The summed E-state index contributed by atoms with van der Waals surface area (Å²) in [5, 5.41) is 0. The van der Waals surface area contributed by atoms with Crippen LogP contribution in [0.1, 0.15) is 18.4 Å². The van der Waals surface area contributed by atoms with Crippen molar-refractivity contribution in [2.75, 3.05) is 5.73 Å². The fourth-order valence-electron chi connectivity index (χ4n) is 1.43. The third-order valence-corrected chi connectivity index (χ3v) is 2.57. The standard InChI is InChI=1S/C9H13N3O/c1-12-5-6(9(11)2-3-9)4-7(10)8(12)13/h4-5H,2-3,10-11H2,1H3. The van der Waals surface area contributed by atoms with Gasteiger partial charge in [0.1, 0.15) is 0 Å². The lowest BCUT2D eigenvalue weighted by Crippen LogP contribution is -2.26. The normalized spacial score (nSPS) is 18.6. The number of aryl methyl sites for hydroxylation is 1. The van der Waals surface area contributed by atoms with Crippen molar-refractivity contribution >= 4 is 5.69 Å². The average molecular weight is 179 g/mol. The Morgan fingerprint density at radius 2 is 2.15 bits per heavy atom. The molecule has 1 heterocycles. The van der Waals surface area contributed by atoms with Gasteiger partial charge in [0.05, 0.1) is 5.69 Å². The number of nitrogens with zero attached hydrogens (tertiary/aromatic N) is 1. The molecule has 1 aliphatic carbocycles. The van der Waals surface area contributed by atoms with Crippen molar-refractivity contribution in [3.05, 3.63) is 28.2 Å². The molecule has 4 heteroatoms. The molecule has 4 nitrogen and oxygen atoms in total. The quantitative estimate of drug-likeness (QED) is 0.633. The van der Waals surface area contributed by atoms with E-state index in [0.29, 0.717) is 0 Å². The average Bonchev–Trinajstić information content (AvgIpc) is 2.80. The van der Waals surface area contributed by atoms with E-state index in [9.17, 15) is 4.79 Å². The number of hydrogen-bond acceptors (Lipinski definition) is 3. The molecule has 1 fully saturated rings. The summed E-state index contributed by atoms with van der Waals surface area (Å²) in [5.74, 6) is 0. The van der Waals surface area contributed by atoms with Crippen LogP contribution in [0.15, 0.2) is 17.1 Å². The smallest absolute Gasteiger partial charge is 0.273 e. The van der Waals surface area contributed by atoms with E-state index in [1.54, 1.807) is 19.3 Å². The van der Waals surface area contributed by atoms with Crippen LogP contribution in [0.25, 0.3) is 0 Å². The number of aromatic nitrogens is 1. The van der Waals surface area contributed by atoms with Crippen LogP contribution in [0.2, 0.25) is 0 Å². The molecule has 0 radical (unpaired) electrons. The molecule has 0 amide bonds. The molecule has 4 N–H and O–H groups in total. The Hall–Kier alpha value is -1.29. The SMILES string of the molecule is Cn1cc(C2(N)CC2)cc(N)c1=O. The Labute approximate surface area is 76.2 Å². The van der Waals surface area contributed by atoms with Crippen LogP contribution >= 0.6 is 0 Å². The Kier molecular flexibility index (Phi) is 1.51. The highest BCUT2D eigenvalue weighted by molar-refractivity contribution is 5.42. The second-order valence-corrected chi connectivity index (χ2v) is 3.76. The summed E-state index contributed by atoms with van der Waals surface area (Å²) < 4.78 is 1.48. The largest absolute Gasteiger partial charge is 0.394 e. The number of hydrogen-bond donors (Lipinski definition) is 2. The minimum absolute atomic E-state index is 0.159. The molecule has 0 spiro atoms. The van der Waals surface area contributed by atoms with Gasteiger partial charge in [-0.1, -0.05) is 0 Å². The third kappa shape index (κ3) is 1.23. The summed E-state index contributed by atoms with van der Waals surface area (Å²) in [6, 6.07) is 1.69. The first-order valence-corrected chi connectivity index (χ1v) is 4.28. The molecule has 0 aliphatic heterocycles. The minimum Gasteiger partial charge on any atom is -0.394 e. The summed E-state index contributed by atoms with van der Waals surface area (Å²) >= 11 is 0. The predicted molar refractivity (Wildman–Crippen MR) is 51.2 cm³/mol. The lowest BCUT2D eigenvalue weighted by Gasteiger charge is -2.11. The lowest BCUT2D eigenvalue weighted by molar-refractivity contribution is 0.714. The molecular formula is C9H13N3O. The highest BCUT2D eigenvalue weighted by Gasteiger charge is 2.40. The number of nitrogen functional groups attached to an aromatic ring is 1. The summed E-state index contributed by atoms with van der Waals surface area (Å²) in [7, 11) is 1.69. The van der Waals surface area contributed by atoms with Crippen molar-refractivity contribution in [3.63, 3.8) is 0 Å². The van der Waals surface area contributed by atoms with E-state index in [4.69, 9.17) is 11.5 Å². The van der Waals surface area contributed by atoms with Crippen LogP contribution < -0.4 is 17.0 Å². The van der Waals surface area contributed by atoms with E-state index in [1.165, 1.54) is 4.57 Å². The van der Waals surface area contributed by atoms with Crippen molar-refractivity contribution in [2.45, 2.75) is 18.4 Å². The maximum atomic E-state index is 11.3. The number of nitrogens with two attached hydrogens (primary N) is 2. The Balaban J connectivity index is 2.56. The molecule has 1 aliphatic rings. The van der Waals surface area contributed by atoms with Crippen LogP contribution in [0, 0.1) is 0 Å². The molecular weight excluding hydrogens is 166 g/mol. The van der Waals surface area contributed by atoms with Gasteiger partial charge in [-0.15, -0.1) is 0 Å². The van der Waals surface area contributed by atoms with Gasteiger partial charge in [0.15, 0.2) is 0 Å². The molecule has 1 saturated carbocycles. The van der Waals surface area contributed by atoms with Gasteiger partial charge in [-0.2, -0.15) is 0 Å². The Morgan fingerprint density at radius 1 is 1.54 bits per heavy atom. The highest BCUT2D eigenvalue weighted by Crippen LogP contribution is 2.42. The van der Waals surface area contributed by atoms with Crippen LogP contribution in [-0.4, -0.2) is 4.57 Å². The summed E-state index contributed by atoms with van der Waals surface area (Å²) in [6.07, 6.45) is 3.72. The second-order valence-electron chi connectivity index (χ2n) is 3.76. The van der Waals surface area contributed by atoms with E-state index in [2.05, 4.69) is 0 Å². The lowest BCUT2D eigenvalue weighted by atomic mass is 10.1. The molecule has 2 rings (SSSR count). The Morgan fingerprint density at radius 3 is 2.62 bits per heavy atom. The molecule has 1 aromatic rings. The van der Waals surface area contributed by atoms with Gasteiger partial charge < -0.3 is 16.0 Å². The molecule has 0 aromatic carbocycles. The van der Waals surface area contributed by atoms with Gasteiger partial charge in [0.25, 0.3) is 5.56 Å². The minimum atomic E-state index is -0.223. The molecule has 70 valence electrons. The van der Waals surface area contributed by atoms with Crippen molar-refractivity contribution < 1.29 is 0 Å². The highest BCUT2D eigenvalue weighted by atomic mass is 16.1. The topological polar surface area (TPSA) is 74.0 Å². The van der Waals surface area contributed by atoms with Crippen molar-refractivity contribution in [1.82, 2.24) is 4.57 Å². The van der Waals surface area contributed by atoms with Crippen molar-refractivity contribution in [1.29, 1.82) is 0 Å². The zero-order chi connectivity index (χ0) is 9.64. The van der Waals surface area contributed by atoms with Crippen LogP contribution in [-0.2, 0) is 12.6 Å². The number of pyridine rings is 1. The molecule has 0 atom stereocenters. The van der Waals surface area contributed by atoms with Gasteiger partial charge in [-0.05, 0) is 24.5 Å².